The van der Waals surface area contributed by atoms with Crippen molar-refractivity contribution in [2.75, 3.05) is 0 Å². The van der Waals surface area contributed by atoms with E-state index in [2.05, 4.69) is 95.8 Å². The minimum atomic E-state index is 0. The van der Waals surface area contributed by atoms with E-state index in [4.69, 9.17) is 9.72 Å². The number of pyridine rings is 3. The van der Waals surface area contributed by atoms with Gasteiger partial charge in [0.1, 0.15) is 5.65 Å². The van der Waals surface area contributed by atoms with Crippen molar-refractivity contribution in [2.24, 2.45) is 0 Å². The minimum Gasteiger partial charge on any atom is -0.497 e. The average Bonchev–Trinajstić information content (AvgIpc) is 3.72. The minimum absolute atomic E-state index is 0. The van der Waals surface area contributed by atoms with Crippen LogP contribution in [0.1, 0.15) is 16.7 Å². The average molecular weight is 763 g/mol. The van der Waals surface area contributed by atoms with Gasteiger partial charge in [-0.15, -0.1) is 12.1 Å². The fourth-order valence-electron chi connectivity index (χ4n) is 6.88. The summed E-state index contributed by atoms with van der Waals surface area (Å²) >= 11 is 0. The number of benzene rings is 4. The number of rotatable bonds is 3. The summed E-state index contributed by atoms with van der Waals surface area (Å²) in [5, 5.41) is 6.08. The third kappa shape index (κ3) is 4.17. The van der Waals surface area contributed by atoms with Crippen molar-refractivity contribution < 1.29 is 25.8 Å². The predicted molar refractivity (Wildman–Crippen MR) is 176 cm³/mol. The molecule has 0 atom stereocenters. The van der Waals surface area contributed by atoms with Gasteiger partial charge >= 0.3 is 21.1 Å². The summed E-state index contributed by atoms with van der Waals surface area (Å²) in [5.74, 6) is 1.19. The molecular weight excluding hydrogens is 738 g/mol. The molecule has 6 nitrogen and oxygen atoms in total. The summed E-state index contributed by atoms with van der Waals surface area (Å²) in [7, 11) is 0. The van der Waals surface area contributed by atoms with Crippen LogP contribution in [0.2, 0.25) is 0 Å². The summed E-state index contributed by atoms with van der Waals surface area (Å²) in [6.07, 6.45) is 9.36. The Labute approximate surface area is 273 Å². The SMILES string of the molecule is Cc1cc(C)c(-c2ccc3c(c2)c2ccc(Oc4[c-]c5c(cc4)c4cccnc4n4ccnc54)[c-]c2c2nccn32)c(C)c1.[Pt+2]. The van der Waals surface area contributed by atoms with Crippen LogP contribution in [0.5, 0.6) is 11.5 Å². The van der Waals surface area contributed by atoms with Crippen LogP contribution in [0, 0.1) is 32.9 Å². The molecule has 9 rings (SSSR count). The molecule has 0 aliphatic carbocycles. The molecular formula is C38H25N5OPt. The molecule has 45 heavy (non-hydrogen) atoms. The molecule has 218 valence electrons. The summed E-state index contributed by atoms with van der Waals surface area (Å²) in [6, 6.07) is 30.3. The molecule has 0 aliphatic heterocycles. The molecule has 9 aromatic rings. The van der Waals surface area contributed by atoms with Crippen molar-refractivity contribution in [1.29, 1.82) is 0 Å². The van der Waals surface area contributed by atoms with Crippen LogP contribution in [0.25, 0.3) is 65.9 Å². The first kappa shape index (κ1) is 27.5. The molecule has 0 saturated carbocycles. The quantitative estimate of drug-likeness (QED) is 0.133. The van der Waals surface area contributed by atoms with Gasteiger partial charge in [0.15, 0.2) is 0 Å². The Morgan fingerprint density at radius 3 is 1.93 bits per heavy atom. The van der Waals surface area contributed by atoms with Crippen LogP contribution < -0.4 is 4.74 Å². The number of aryl methyl sites for hydroxylation is 3. The molecule has 0 aliphatic rings. The van der Waals surface area contributed by atoms with Crippen LogP contribution in [-0.4, -0.2) is 23.8 Å². The van der Waals surface area contributed by atoms with Gasteiger partial charge in [0, 0.05) is 48.0 Å². The van der Waals surface area contributed by atoms with Crippen LogP contribution >= 0.6 is 0 Å². The normalized spacial score (nSPS) is 11.7. The molecule has 7 heteroatoms. The number of hydrogen-bond donors (Lipinski definition) is 0. The van der Waals surface area contributed by atoms with Crippen molar-refractivity contribution >= 4 is 54.8 Å². The van der Waals surface area contributed by atoms with Crippen molar-refractivity contribution in [3.05, 3.63) is 127 Å². The van der Waals surface area contributed by atoms with Crippen LogP contribution in [0.15, 0.2) is 97.7 Å². The first-order chi connectivity index (χ1) is 21.5. The Kier molecular flexibility index (Phi) is 6.26. The third-order valence-electron chi connectivity index (χ3n) is 8.60. The molecule has 0 N–H and O–H groups in total. The van der Waals surface area contributed by atoms with E-state index in [9.17, 15) is 0 Å². The zero-order chi connectivity index (χ0) is 29.5. The molecule has 0 fully saturated rings. The van der Waals surface area contributed by atoms with Gasteiger partial charge in [0.2, 0.25) is 0 Å². The number of fused-ring (bicyclic) bond motifs is 12. The van der Waals surface area contributed by atoms with E-state index in [-0.39, 0.29) is 21.1 Å². The monoisotopic (exact) mass is 762 g/mol. The number of imidazole rings is 2. The fourth-order valence-corrected chi connectivity index (χ4v) is 6.88. The van der Waals surface area contributed by atoms with Crippen molar-refractivity contribution in [3.63, 3.8) is 0 Å². The zero-order valence-corrected chi connectivity index (χ0v) is 27.0. The van der Waals surface area contributed by atoms with Gasteiger partial charge in [-0.25, -0.2) is 4.98 Å². The van der Waals surface area contributed by atoms with E-state index in [0.717, 1.165) is 54.8 Å². The first-order valence-electron chi connectivity index (χ1n) is 14.6. The Morgan fingerprint density at radius 2 is 1.22 bits per heavy atom. The summed E-state index contributed by atoms with van der Waals surface area (Å²) in [5.41, 5.74) is 9.92. The fraction of sp³-hybridized carbons (Fsp3) is 0.0789. The molecule has 0 unspecified atom stereocenters. The predicted octanol–water partition coefficient (Wildman–Crippen LogP) is 8.97. The van der Waals surface area contributed by atoms with Gasteiger partial charge in [-0.05, 0) is 65.9 Å². The van der Waals surface area contributed by atoms with Crippen molar-refractivity contribution in [1.82, 2.24) is 23.8 Å². The summed E-state index contributed by atoms with van der Waals surface area (Å²) in [6.45, 7) is 6.53. The van der Waals surface area contributed by atoms with Crippen LogP contribution in [0.4, 0.5) is 0 Å². The van der Waals surface area contributed by atoms with Gasteiger partial charge in [0.25, 0.3) is 0 Å². The maximum absolute atomic E-state index is 6.40. The standard InChI is InChI=1S/C38H25N5O.Pt/c1-22-17-23(2)35(24(3)18-22)25-6-11-34-31(19-25)29-10-8-27(21-33(29)37-40-13-15-42(34)37)44-26-7-9-28-30-5-4-12-39-36(30)43-16-14-41-38(43)32(28)20-26;/h4-19H,1-3H3;/q-2;+2. The summed E-state index contributed by atoms with van der Waals surface area (Å²) in [4.78, 5) is 13.9. The molecule has 0 saturated heterocycles. The number of aromatic nitrogens is 5. The molecule has 4 aromatic carbocycles. The molecule has 5 aromatic heterocycles. The van der Waals surface area contributed by atoms with Gasteiger partial charge in [-0.3, -0.25) is 9.97 Å². The molecule has 5 heterocycles. The van der Waals surface area contributed by atoms with Crippen LogP contribution in [-0.2, 0) is 21.1 Å². The second kappa shape index (κ2) is 10.3. The topological polar surface area (TPSA) is 56.7 Å². The molecule has 0 bridgehead atoms. The van der Waals surface area contributed by atoms with E-state index < -0.39 is 0 Å². The first-order valence-corrected chi connectivity index (χ1v) is 14.6. The molecule has 0 radical (unpaired) electrons. The van der Waals surface area contributed by atoms with E-state index in [1.165, 1.54) is 27.8 Å². The number of ether oxygens (including phenoxy) is 1. The zero-order valence-electron chi connectivity index (χ0n) is 24.7. The summed E-state index contributed by atoms with van der Waals surface area (Å²) < 4.78 is 10.5. The largest absolute Gasteiger partial charge is 2.00 e. The van der Waals surface area contributed by atoms with Crippen molar-refractivity contribution in [3.8, 4) is 22.6 Å². The number of nitrogens with zero attached hydrogens (tertiary/aromatic N) is 5. The Bertz CT molecular complexity index is 2610. The van der Waals surface area contributed by atoms with Crippen molar-refractivity contribution in [2.45, 2.75) is 20.8 Å². The maximum atomic E-state index is 6.40. The Hall–Kier alpha value is -5.06. The second-order valence-corrected chi connectivity index (χ2v) is 11.4. The van der Waals surface area contributed by atoms with Gasteiger partial charge in [0.05, 0.1) is 11.3 Å². The van der Waals surface area contributed by atoms with Gasteiger partial charge in [-0.1, -0.05) is 81.7 Å². The van der Waals surface area contributed by atoms with E-state index in [1.54, 1.807) is 12.4 Å². The molecule has 0 spiro atoms. The maximum Gasteiger partial charge on any atom is 2.00 e. The van der Waals surface area contributed by atoms with Crippen LogP contribution in [0.3, 0.4) is 0 Å². The van der Waals surface area contributed by atoms with Gasteiger partial charge < -0.3 is 13.5 Å². The Balaban J connectivity index is 0.00000300. The smallest absolute Gasteiger partial charge is 0.497 e. The Morgan fingerprint density at radius 1 is 0.600 bits per heavy atom. The number of hydrogen-bond acceptors (Lipinski definition) is 4. The van der Waals surface area contributed by atoms with E-state index in [1.807, 2.05) is 41.2 Å². The van der Waals surface area contributed by atoms with Gasteiger partial charge in [-0.2, -0.15) is 0 Å². The second-order valence-electron chi connectivity index (χ2n) is 11.4. The van der Waals surface area contributed by atoms with E-state index >= 15 is 0 Å². The molecule has 0 amide bonds. The van der Waals surface area contributed by atoms with E-state index in [0.29, 0.717) is 11.5 Å². The third-order valence-corrected chi connectivity index (χ3v) is 8.60.